The Morgan fingerprint density at radius 2 is 2.05 bits per heavy atom. The van der Waals surface area contributed by atoms with Crippen LogP contribution in [0, 0.1) is 0 Å². The maximum atomic E-state index is 12.2. The first kappa shape index (κ1) is 14.0. The van der Waals surface area contributed by atoms with E-state index in [2.05, 4.69) is 15.3 Å². The van der Waals surface area contributed by atoms with Gasteiger partial charge in [0.25, 0.3) is 5.91 Å². The van der Waals surface area contributed by atoms with E-state index in [-0.39, 0.29) is 0 Å². The van der Waals surface area contributed by atoms with Gasteiger partial charge in [0.15, 0.2) is 0 Å². The minimum absolute atomic E-state index is 0.330. The van der Waals surface area contributed by atoms with Crippen LogP contribution in [0.4, 0.5) is 0 Å². The molecule has 2 rings (SSSR count). The van der Waals surface area contributed by atoms with Crippen LogP contribution in [-0.4, -0.2) is 32.5 Å². The van der Waals surface area contributed by atoms with Gasteiger partial charge in [0.1, 0.15) is 5.54 Å². The average Bonchev–Trinajstić information content (AvgIpc) is 2.91. The molecule has 1 aromatic heterocycles. The lowest BCUT2D eigenvalue weighted by atomic mass is 9.92. The Hall–Kier alpha value is -2.37. The summed E-state index contributed by atoms with van der Waals surface area (Å²) in [7, 11) is 0. The maximum absolute atomic E-state index is 12.2. The molecule has 0 aliphatic heterocycles. The van der Waals surface area contributed by atoms with Crippen molar-refractivity contribution in [2.45, 2.75) is 32.2 Å². The highest BCUT2D eigenvalue weighted by atomic mass is 16.4. The molecule has 106 valence electrons. The molecule has 0 spiro atoms. The van der Waals surface area contributed by atoms with Crippen molar-refractivity contribution < 1.29 is 14.7 Å². The maximum Gasteiger partial charge on any atom is 0.329 e. The number of H-pyrrole nitrogens is 1. The van der Waals surface area contributed by atoms with Crippen molar-refractivity contribution in [1.82, 2.24) is 15.3 Å². The Bertz CT molecular complexity index is 644. The molecule has 0 saturated carbocycles. The van der Waals surface area contributed by atoms with E-state index in [9.17, 15) is 14.7 Å². The molecule has 0 saturated heterocycles. The first-order chi connectivity index (χ1) is 9.52. The molecule has 1 heterocycles. The van der Waals surface area contributed by atoms with E-state index in [1.807, 2.05) is 0 Å². The summed E-state index contributed by atoms with van der Waals surface area (Å²) in [6.07, 6.45) is 2.21. The van der Waals surface area contributed by atoms with E-state index in [1.54, 1.807) is 38.4 Å². The Morgan fingerprint density at radius 1 is 1.35 bits per heavy atom. The lowest BCUT2D eigenvalue weighted by molar-refractivity contribution is -0.144. The van der Waals surface area contributed by atoms with Gasteiger partial charge >= 0.3 is 5.97 Å². The molecule has 0 radical (unpaired) electrons. The second-order valence-corrected chi connectivity index (χ2v) is 4.68. The second-order valence-electron chi connectivity index (χ2n) is 4.68. The Labute approximate surface area is 116 Å². The molecule has 0 aliphatic rings. The summed E-state index contributed by atoms with van der Waals surface area (Å²) in [5.41, 5.74) is 0.693. The zero-order chi connectivity index (χ0) is 14.8. The standard InChI is InChI=1S/C14H17N3O3/c1-3-14(4-2,13(19)20)17-12(18)9-5-6-10-11(7-9)16-8-15-10/h5-8H,3-4H2,1-2H3,(H,15,16)(H,17,18)(H,19,20). The number of carboxylic acid groups (broad SMARTS) is 1. The van der Waals surface area contributed by atoms with Crippen LogP contribution in [0.3, 0.4) is 0 Å². The van der Waals surface area contributed by atoms with Gasteiger partial charge in [-0.15, -0.1) is 0 Å². The van der Waals surface area contributed by atoms with Gasteiger partial charge in [-0.3, -0.25) is 4.79 Å². The molecule has 6 nitrogen and oxygen atoms in total. The number of imidazole rings is 1. The second kappa shape index (κ2) is 5.32. The summed E-state index contributed by atoms with van der Waals surface area (Å²) in [5, 5.41) is 12.0. The van der Waals surface area contributed by atoms with Crippen molar-refractivity contribution in [2.24, 2.45) is 0 Å². The summed E-state index contributed by atoms with van der Waals surface area (Å²) in [6.45, 7) is 3.49. The van der Waals surface area contributed by atoms with Crippen LogP contribution < -0.4 is 5.32 Å². The van der Waals surface area contributed by atoms with Gasteiger partial charge in [0.05, 0.1) is 17.4 Å². The van der Waals surface area contributed by atoms with Crippen molar-refractivity contribution in [3.63, 3.8) is 0 Å². The number of benzene rings is 1. The highest BCUT2D eigenvalue weighted by molar-refractivity contribution is 6.00. The van der Waals surface area contributed by atoms with Crippen molar-refractivity contribution >= 4 is 22.9 Å². The van der Waals surface area contributed by atoms with Crippen LogP contribution in [-0.2, 0) is 4.79 Å². The molecular formula is C14H17N3O3. The number of hydrogen-bond acceptors (Lipinski definition) is 3. The zero-order valence-corrected chi connectivity index (χ0v) is 11.4. The molecule has 1 amide bonds. The third-order valence-corrected chi connectivity index (χ3v) is 3.65. The van der Waals surface area contributed by atoms with Gasteiger partial charge in [-0.05, 0) is 31.0 Å². The van der Waals surface area contributed by atoms with Crippen molar-refractivity contribution in [3.05, 3.63) is 30.1 Å². The van der Waals surface area contributed by atoms with E-state index in [0.29, 0.717) is 18.4 Å². The van der Waals surface area contributed by atoms with E-state index in [0.717, 1.165) is 11.0 Å². The molecule has 0 aliphatic carbocycles. The smallest absolute Gasteiger partial charge is 0.329 e. The highest BCUT2D eigenvalue weighted by Crippen LogP contribution is 2.18. The highest BCUT2D eigenvalue weighted by Gasteiger charge is 2.36. The molecule has 0 atom stereocenters. The molecule has 3 N–H and O–H groups in total. The molecular weight excluding hydrogens is 258 g/mol. The number of carbonyl (C=O) groups is 2. The van der Waals surface area contributed by atoms with Crippen LogP contribution in [0.1, 0.15) is 37.0 Å². The average molecular weight is 275 g/mol. The SMILES string of the molecule is CCC(CC)(NC(=O)c1ccc2nc[nH]c2c1)C(=O)O. The third-order valence-electron chi connectivity index (χ3n) is 3.65. The number of aromatic nitrogens is 2. The van der Waals surface area contributed by atoms with Crippen LogP contribution in [0.2, 0.25) is 0 Å². The summed E-state index contributed by atoms with van der Waals surface area (Å²) >= 11 is 0. The van der Waals surface area contributed by atoms with Crippen LogP contribution in [0.25, 0.3) is 11.0 Å². The predicted molar refractivity (Wildman–Crippen MR) is 74.5 cm³/mol. The molecule has 20 heavy (non-hydrogen) atoms. The number of aliphatic carboxylic acids is 1. The number of carboxylic acids is 1. The number of nitrogens with one attached hydrogen (secondary N) is 2. The Kier molecular flexibility index (Phi) is 3.74. The topological polar surface area (TPSA) is 95.1 Å². The fraction of sp³-hybridized carbons (Fsp3) is 0.357. The largest absolute Gasteiger partial charge is 0.480 e. The summed E-state index contributed by atoms with van der Waals surface area (Å²) in [4.78, 5) is 30.6. The van der Waals surface area contributed by atoms with Crippen LogP contribution in [0.5, 0.6) is 0 Å². The Balaban J connectivity index is 2.28. The lowest BCUT2D eigenvalue weighted by Crippen LogP contribution is -2.53. The first-order valence-electron chi connectivity index (χ1n) is 6.51. The Morgan fingerprint density at radius 3 is 2.65 bits per heavy atom. The fourth-order valence-corrected chi connectivity index (χ4v) is 2.15. The van der Waals surface area contributed by atoms with E-state index >= 15 is 0 Å². The molecule has 0 unspecified atom stereocenters. The first-order valence-corrected chi connectivity index (χ1v) is 6.51. The minimum Gasteiger partial charge on any atom is -0.480 e. The van der Waals surface area contributed by atoms with Gasteiger partial charge in [0.2, 0.25) is 0 Å². The summed E-state index contributed by atoms with van der Waals surface area (Å²) in [5.74, 6) is -1.41. The van der Waals surface area contributed by atoms with E-state index in [1.165, 1.54) is 0 Å². The molecule has 1 aromatic carbocycles. The predicted octanol–water partition coefficient (Wildman–Crippen LogP) is 1.94. The van der Waals surface area contributed by atoms with E-state index in [4.69, 9.17) is 0 Å². The van der Waals surface area contributed by atoms with Gasteiger partial charge in [-0.2, -0.15) is 0 Å². The monoisotopic (exact) mass is 275 g/mol. The number of rotatable bonds is 5. The van der Waals surface area contributed by atoms with Gasteiger partial charge in [-0.25, -0.2) is 9.78 Å². The number of carbonyl (C=O) groups excluding carboxylic acids is 1. The third kappa shape index (κ3) is 2.36. The van der Waals surface area contributed by atoms with E-state index < -0.39 is 17.4 Å². The number of fused-ring (bicyclic) bond motifs is 1. The van der Waals surface area contributed by atoms with Crippen molar-refractivity contribution in [1.29, 1.82) is 0 Å². The molecule has 0 fully saturated rings. The summed E-state index contributed by atoms with van der Waals surface area (Å²) < 4.78 is 0. The van der Waals surface area contributed by atoms with Crippen molar-refractivity contribution in [2.75, 3.05) is 0 Å². The minimum atomic E-state index is -1.22. The summed E-state index contributed by atoms with van der Waals surface area (Å²) in [6, 6.07) is 5.02. The van der Waals surface area contributed by atoms with Gasteiger partial charge in [-0.1, -0.05) is 13.8 Å². The number of hydrogen-bond donors (Lipinski definition) is 3. The molecule has 2 aromatic rings. The number of nitrogens with zero attached hydrogens (tertiary/aromatic N) is 1. The zero-order valence-electron chi connectivity index (χ0n) is 11.4. The number of aromatic amines is 1. The van der Waals surface area contributed by atoms with Crippen LogP contribution >= 0.6 is 0 Å². The van der Waals surface area contributed by atoms with Gasteiger partial charge in [0, 0.05) is 5.56 Å². The normalized spacial score (nSPS) is 11.5. The molecule has 0 bridgehead atoms. The van der Waals surface area contributed by atoms with Crippen molar-refractivity contribution in [3.8, 4) is 0 Å². The van der Waals surface area contributed by atoms with Crippen LogP contribution in [0.15, 0.2) is 24.5 Å². The van der Waals surface area contributed by atoms with Gasteiger partial charge < -0.3 is 15.4 Å². The lowest BCUT2D eigenvalue weighted by Gasteiger charge is -2.28. The fourth-order valence-electron chi connectivity index (χ4n) is 2.15. The number of amides is 1. The quantitative estimate of drug-likeness (QED) is 0.777. The molecule has 6 heteroatoms.